The van der Waals surface area contributed by atoms with Crippen LogP contribution in [-0.2, 0) is 20.5 Å². The van der Waals surface area contributed by atoms with Crippen LogP contribution in [0.4, 0.5) is 23.0 Å². The van der Waals surface area contributed by atoms with Crippen molar-refractivity contribution in [1.82, 2.24) is 9.97 Å². The van der Waals surface area contributed by atoms with Gasteiger partial charge in [0.25, 0.3) is 0 Å². The average molecular weight is 454 g/mol. The van der Waals surface area contributed by atoms with Crippen LogP contribution in [0.3, 0.4) is 0 Å². The molecule has 1 saturated heterocycles. The Kier molecular flexibility index (Phi) is 6.57. The van der Waals surface area contributed by atoms with E-state index in [2.05, 4.69) is 24.9 Å². The molecule has 0 saturated carbocycles. The van der Waals surface area contributed by atoms with Crippen LogP contribution >= 0.6 is 0 Å². The number of hydrogen-bond donors (Lipinski definition) is 2. The van der Waals surface area contributed by atoms with Gasteiger partial charge in [-0.15, -0.1) is 0 Å². The molecule has 1 aliphatic rings. The van der Waals surface area contributed by atoms with Crippen LogP contribution in [0.25, 0.3) is 0 Å². The molecule has 1 aliphatic heterocycles. The molecule has 8 nitrogen and oxygen atoms in total. The lowest BCUT2D eigenvalue weighted by Crippen LogP contribution is -2.36. The van der Waals surface area contributed by atoms with E-state index in [1.165, 1.54) is 0 Å². The maximum Gasteiger partial charge on any atom is 0.236 e. The monoisotopic (exact) mass is 453 g/mol. The van der Waals surface area contributed by atoms with Crippen LogP contribution in [0.1, 0.15) is 17.0 Å². The van der Waals surface area contributed by atoms with Gasteiger partial charge in [-0.25, -0.2) is 18.4 Å². The standard InChI is InChI=1S/C23H27N5O3S/c1-17-4-3-5-19(14-17)16-32(29,30)27-21-8-6-20(7-9-21)26-22-15-23(25-18(2)24-22)28-10-12-31-13-11-28/h3-9,14-15,27H,10-13,16H2,1-2H3,(H,24,25,26). The molecule has 32 heavy (non-hydrogen) atoms. The highest BCUT2D eigenvalue weighted by Crippen LogP contribution is 2.22. The summed E-state index contributed by atoms with van der Waals surface area (Å²) < 4.78 is 33.1. The first-order valence-electron chi connectivity index (χ1n) is 10.5. The third-order valence-corrected chi connectivity index (χ3v) is 6.29. The van der Waals surface area contributed by atoms with Crippen molar-refractivity contribution >= 4 is 33.0 Å². The highest BCUT2D eigenvalue weighted by Gasteiger charge is 2.15. The van der Waals surface area contributed by atoms with Crippen molar-refractivity contribution in [3.63, 3.8) is 0 Å². The van der Waals surface area contributed by atoms with Gasteiger partial charge in [0.2, 0.25) is 10.0 Å². The summed E-state index contributed by atoms with van der Waals surface area (Å²) in [5, 5.41) is 3.27. The second-order valence-electron chi connectivity index (χ2n) is 7.81. The molecular formula is C23H27N5O3S. The van der Waals surface area contributed by atoms with Crippen LogP contribution in [-0.4, -0.2) is 44.7 Å². The van der Waals surface area contributed by atoms with Gasteiger partial charge >= 0.3 is 0 Å². The highest BCUT2D eigenvalue weighted by atomic mass is 32.2. The molecule has 0 spiro atoms. The fourth-order valence-electron chi connectivity index (χ4n) is 3.58. The first-order valence-corrected chi connectivity index (χ1v) is 12.1. The summed E-state index contributed by atoms with van der Waals surface area (Å²) in [6.07, 6.45) is 0. The molecule has 0 bridgehead atoms. The van der Waals surface area contributed by atoms with Crippen LogP contribution < -0.4 is 14.9 Å². The van der Waals surface area contributed by atoms with Crippen LogP contribution in [0.2, 0.25) is 0 Å². The SMILES string of the molecule is Cc1cccc(CS(=O)(=O)Nc2ccc(Nc3cc(N4CCOCC4)nc(C)n3)cc2)c1. The lowest BCUT2D eigenvalue weighted by molar-refractivity contribution is 0.122. The lowest BCUT2D eigenvalue weighted by Gasteiger charge is -2.28. The maximum absolute atomic E-state index is 12.5. The molecule has 0 atom stereocenters. The first kappa shape index (κ1) is 22.0. The molecule has 2 N–H and O–H groups in total. The van der Waals surface area contributed by atoms with Crippen molar-refractivity contribution in [3.05, 3.63) is 71.5 Å². The molecule has 0 unspecified atom stereocenters. The van der Waals surface area contributed by atoms with E-state index < -0.39 is 10.0 Å². The Bertz CT molecular complexity index is 1180. The number of anilines is 4. The summed E-state index contributed by atoms with van der Waals surface area (Å²) in [5.74, 6) is 2.16. The highest BCUT2D eigenvalue weighted by molar-refractivity contribution is 7.91. The number of aromatic nitrogens is 2. The Morgan fingerprint density at radius 3 is 2.41 bits per heavy atom. The fourth-order valence-corrected chi connectivity index (χ4v) is 4.76. The summed E-state index contributed by atoms with van der Waals surface area (Å²) in [5.41, 5.74) is 3.10. The van der Waals surface area contributed by atoms with Crippen molar-refractivity contribution in [2.24, 2.45) is 0 Å². The minimum absolute atomic E-state index is 0.0702. The Balaban J connectivity index is 1.42. The Morgan fingerprint density at radius 2 is 1.69 bits per heavy atom. The molecular weight excluding hydrogens is 426 g/mol. The Hall–Kier alpha value is -3.17. The number of nitrogens with zero attached hydrogens (tertiary/aromatic N) is 3. The zero-order valence-electron chi connectivity index (χ0n) is 18.2. The number of benzene rings is 2. The Morgan fingerprint density at radius 1 is 0.969 bits per heavy atom. The predicted molar refractivity (Wildman–Crippen MR) is 127 cm³/mol. The van der Waals surface area contributed by atoms with Crippen molar-refractivity contribution in [2.45, 2.75) is 19.6 Å². The van der Waals surface area contributed by atoms with Crippen molar-refractivity contribution in [2.75, 3.05) is 41.2 Å². The largest absolute Gasteiger partial charge is 0.378 e. The zero-order valence-corrected chi connectivity index (χ0v) is 19.0. The van der Waals surface area contributed by atoms with Gasteiger partial charge in [-0.2, -0.15) is 0 Å². The molecule has 3 aromatic rings. The maximum atomic E-state index is 12.5. The summed E-state index contributed by atoms with van der Waals surface area (Å²) in [6.45, 7) is 6.78. The molecule has 0 aliphatic carbocycles. The zero-order chi connectivity index (χ0) is 22.6. The van der Waals surface area contributed by atoms with Gasteiger partial charge in [-0.1, -0.05) is 29.8 Å². The van der Waals surface area contributed by atoms with Crippen LogP contribution in [0, 0.1) is 13.8 Å². The van der Waals surface area contributed by atoms with Gasteiger partial charge < -0.3 is 15.0 Å². The summed E-state index contributed by atoms with van der Waals surface area (Å²) in [6, 6.07) is 16.5. The van der Waals surface area contributed by atoms with E-state index in [0.29, 0.717) is 30.5 Å². The van der Waals surface area contributed by atoms with Gasteiger partial charge in [0.15, 0.2) is 0 Å². The molecule has 1 fully saturated rings. The van der Waals surface area contributed by atoms with Crippen molar-refractivity contribution in [3.8, 4) is 0 Å². The third kappa shape index (κ3) is 5.95. The van der Waals surface area contributed by atoms with E-state index in [9.17, 15) is 8.42 Å². The molecule has 2 aromatic carbocycles. The number of rotatable bonds is 7. The topological polar surface area (TPSA) is 96.5 Å². The number of aryl methyl sites for hydroxylation is 2. The minimum atomic E-state index is -3.51. The average Bonchev–Trinajstić information content (AvgIpc) is 2.75. The molecule has 2 heterocycles. The van der Waals surface area contributed by atoms with Crippen LogP contribution in [0.15, 0.2) is 54.6 Å². The van der Waals surface area contributed by atoms with Gasteiger partial charge in [0.05, 0.1) is 19.0 Å². The minimum Gasteiger partial charge on any atom is -0.378 e. The second kappa shape index (κ2) is 9.54. The van der Waals surface area contributed by atoms with Gasteiger partial charge in [0, 0.05) is 30.5 Å². The summed E-state index contributed by atoms with van der Waals surface area (Å²) in [4.78, 5) is 11.2. The number of sulfonamides is 1. The quantitative estimate of drug-likeness (QED) is 0.564. The summed E-state index contributed by atoms with van der Waals surface area (Å²) >= 11 is 0. The third-order valence-electron chi connectivity index (χ3n) is 5.03. The number of nitrogens with one attached hydrogen (secondary N) is 2. The van der Waals surface area contributed by atoms with E-state index >= 15 is 0 Å². The van der Waals surface area contributed by atoms with E-state index in [0.717, 1.165) is 35.7 Å². The van der Waals surface area contributed by atoms with Crippen LogP contribution in [0.5, 0.6) is 0 Å². The van der Waals surface area contributed by atoms with E-state index in [-0.39, 0.29) is 5.75 Å². The smallest absolute Gasteiger partial charge is 0.236 e. The predicted octanol–water partition coefficient (Wildman–Crippen LogP) is 3.62. The van der Waals surface area contributed by atoms with E-state index in [1.54, 1.807) is 12.1 Å². The van der Waals surface area contributed by atoms with E-state index in [1.807, 2.05) is 56.3 Å². The second-order valence-corrected chi connectivity index (χ2v) is 9.53. The number of hydrogen-bond acceptors (Lipinski definition) is 7. The molecule has 0 amide bonds. The van der Waals surface area contributed by atoms with Gasteiger partial charge in [0.1, 0.15) is 17.5 Å². The van der Waals surface area contributed by atoms with E-state index in [4.69, 9.17) is 4.74 Å². The molecule has 1 aromatic heterocycles. The lowest BCUT2D eigenvalue weighted by atomic mass is 10.2. The fraction of sp³-hybridized carbons (Fsp3) is 0.304. The number of morpholine rings is 1. The van der Waals surface area contributed by atoms with Crippen molar-refractivity contribution < 1.29 is 13.2 Å². The normalized spacial score (nSPS) is 14.2. The van der Waals surface area contributed by atoms with Gasteiger partial charge in [-0.3, -0.25) is 4.72 Å². The van der Waals surface area contributed by atoms with Crippen molar-refractivity contribution in [1.29, 1.82) is 0 Å². The number of ether oxygens (including phenoxy) is 1. The first-order chi connectivity index (χ1) is 15.4. The molecule has 9 heteroatoms. The molecule has 168 valence electrons. The molecule has 4 rings (SSSR count). The molecule has 0 radical (unpaired) electrons. The summed E-state index contributed by atoms with van der Waals surface area (Å²) in [7, 11) is -3.51. The Labute approximate surface area is 188 Å². The van der Waals surface area contributed by atoms with Gasteiger partial charge in [-0.05, 0) is 43.7 Å².